The molecule has 0 aliphatic carbocycles. The van der Waals surface area contributed by atoms with Crippen LogP contribution in [0.4, 0.5) is 5.82 Å². The van der Waals surface area contributed by atoms with Gasteiger partial charge in [-0.15, -0.1) is 0 Å². The molecule has 1 N–H and O–H groups in total. The van der Waals surface area contributed by atoms with Gasteiger partial charge in [0.05, 0.1) is 25.1 Å². The van der Waals surface area contributed by atoms with E-state index in [-0.39, 0.29) is 11.5 Å². The number of anilines is 1. The maximum Gasteiger partial charge on any atom is 0.259 e. The molecule has 1 amide bonds. The van der Waals surface area contributed by atoms with Gasteiger partial charge in [0, 0.05) is 12.1 Å². The van der Waals surface area contributed by atoms with E-state index in [2.05, 4.69) is 9.97 Å². The Hall–Kier alpha value is -2.47. The second kappa shape index (κ2) is 5.62. The Morgan fingerprint density at radius 2 is 2.17 bits per heavy atom. The van der Waals surface area contributed by atoms with Crippen LogP contribution in [-0.2, 0) is 24.2 Å². The molecule has 0 atom stereocenters. The van der Waals surface area contributed by atoms with Gasteiger partial charge < -0.3 is 9.72 Å². The summed E-state index contributed by atoms with van der Waals surface area (Å²) in [5, 5.41) is 0. The zero-order valence-corrected chi connectivity index (χ0v) is 12.7. The average molecular weight is 311 g/mol. The van der Waals surface area contributed by atoms with Crippen molar-refractivity contribution in [1.82, 2.24) is 9.97 Å². The smallest absolute Gasteiger partial charge is 0.259 e. The number of fused-ring (bicyclic) bond motifs is 2. The van der Waals surface area contributed by atoms with Gasteiger partial charge in [0.15, 0.2) is 0 Å². The first-order chi connectivity index (χ1) is 11.3. The highest BCUT2D eigenvalue weighted by Crippen LogP contribution is 2.27. The molecule has 1 aromatic carbocycles. The number of aromatic nitrogens is 2. The molecule has 6 heteroatoms. The predicted octanol–water partition coefficient (Wildman–Crippen LogP) is 1.44. The van der Waals surface area contributed by atoms with E-state index in [0.717, 1.165) is 24.0 Å². The monoisotopic (exact) mass is 311 g/mol. The van der Waals surface area contributed by atoms with Crippen molar-refractivity contribution in [1.29, 1.82) is 0 Å². The molecule has 0 unspecified atom stereocenters. The molecule has 6 nitrogen and oxygen atoms in total. The Morgan fingerprint density at radius 1 is 1.26 bits per heavy atom. The van der Waals surface area contributed by atoms with Crippen LogP contribution in [0.5, 0.6) is 0 Å². The third-order valence-electron chi connectivity index (χ3n) is 4.49. The predicted molar refractivity (Wildman–Crippen MR) is 84.7 cm³/mol. The molecule has 23 heavy (non-hydrogen) atoms. The standard InChI is InChI=1S/C17H17N3O3/c21-16-14-5-2-7-20(15(14)18-10-19-16)17(22)13-4-1-3-11-9-23-8-6-12(11)13/h1,3-4,10H,2,5-9H2,(H,18,19,21). The fourth-order valence-electron chi connectivity index (χ4n) is 3.36. The quantitative estimate of drug-likeness (QED) is 0.864. The number of ether oxygens (including phenoxy) is 1. The largest absolute Gasteiger partial charge is 0.376 e. The SMILES string of the molecule is O=C(c1cccc2c1CCOC2)N1CCCc2c1nc[nH]c2=O. The Balaban J connectivity index is 1.77. The van der Waals surface area contributed by atoms with E-state index in [9.17, 15) is 9.59 Å². The molecule has 0 spiro atoms. The molecule has 0 radical (unpaired) electrons. The van der Waals surface area contributed by atoms with Crippen molar-refractivity contribution in [3.05, 3.63) is 57.1 Å². The van der Waals surface area contributed by atoms with Gasteiger partial charge in [0.25, 0.3) is 11.5 Å². The van der Waals surface area contributed by atoms with E-state index in [1.54, 1.807) is 4.90 Å². The van der Waals surface area contributed by atoms with Crippen LogP contribution in [0.3, 0.4) is 0 Å². The van der Waals surface area contributed by atoms with Crippen molar-refractivity contribution in [2.75, 3.05) is 18.1 Å². The minimum Gasteiger partial charge on any atom is -0.376 e. The molecule has 2 aliphatic heterocycles. The molecule has 0 fully saturated rings. The van der Waals surface area contributed by atoms with Crippen LogP contribution in [0.15, 0.2) is 29.3 Å². The third-order valence-corrected chi connectivity index (χ3v) is 4.49. The van der Waals surface area contributed by atoms with Crippen molar-refractivity contribution in [2.45, 2.75) is 25.9 Å². The number of carbonyl (C=O) groups is 1. The fraction of sp³-hybridized carbons (Fsp3) is 0.353. The van der Waals surface area contributed by atoms with Crippen LogP contribution in [0.25, 0.3) is 0 Å². The molecule has 2 aliphatic rings. The minimum absolute atomic E-state index is 0.0807. The lowest BCUT2D eigenvalue weighted by Gasteiger charge is -2.29. The molecule has 1 aromatic heterocycles. The van der Waals surface area contributed by atoms with E-state index < -0.39 is 0 Å². The van der Waals surface area contributed by atoms with Crippen LogP contribution in [0, 0.1) is 0 Å². The van der Waals surface area contributed by atoms with Crippen molar-refractivity contribution in [3.8, 4) is 0 Å². The van der Waals surface area contributed by atoms with Gasteiger partial charge in [-0.05, 0) is 36.5 Å². The second-order valence-corrected chi connectivity index (χ2v) is 5.84. The summed E-state index contributed by atoms with van der Waals surface area (Å²) in [5.41, 5.74) is 3.26. The average Bonchev–Trinajstić information content (AvgIpc) is 2.60. The molecular formula is C17H17N3O3. The van der Waals surface area contributed by atoms with Gasteiger partial charge in [0.1, 0.15) is 5.82 Å². The molecular weight excluding hydrogens is 294 g/mol. The Bertz CT molecular complexity index is 828. The van der Waals surface area contributed by atoms with Crippen molar-refractivity contribution < 1.29 is 9.53 Å². The van der Waals surface area contributed by atoms with Crippen LogP contribution >= 0.6 is 0 Å². The lowest BCUT2D eigenvalue weighted by Crippen LogP contribution is -2.39. The van der Waals surface area contributed by atoms with E-state index in [0.29, 0.717) is 43.1 Å². The first-order valence-electron chi connectivity index (χ1n) is 7.82. The van der Waals surface area contributed by atoms with Crippen LogP contribution in [-0.4, -0.2) is 29.0 Å². The van der Waals surface area contributed by atoms with Crippen molar-refractivity contribution in [3.63, 3.8) is 0 Å². The first-order valence-corrected chi connectivity index (χ1v) is 7.82. The summed E-state index contributed by atoms with van der Waals surface area (Å²) >= 11 is 0. The number of aromatic amines is 1. The highest BCUT2D eigenvalue weighted by molar-refractivity contribution is 6.07. The molecule has 2 aromatic rings. The molecule has 3 heterocycles. The molecule has 0 saturated carbocycles. The topological polar surface area (TPSA) is 75.3 Å². The Morgan fingerprint density at radius 3 is 3.09 bits per heavy atom. The van der Waals surface area contributed by atoms with E-state index in [1.165, 1.54) is 6.33 Å². The van der Waals surface area contributed by atoms with Gasteiger partial charge in [-0.1, -0.05) is 12.1 Å². The summed E-state index contributed by atoms with van der Waals surface area (Å²) in [5.74, 6) is 0.414. The number of nitrogens with zero attached hydrogens (tertiary/aromatic N) is 2. The highest BCUT2D eigenvalue weighted by atomic mass is 16.5. The number of rotatable bonds is 1. The number of benzene rings is 1. The number of H-pyrrole nitrogens is 1. The van der Waals surface area contributed by atoms with Crippen molar-refractivity contribution >= 4 is 11.7 Å². The van der Waals surface area contributed by atoms with E-state index in [1.807, 2.05) is 18.2 Å². The van der Waals surface area contributed by atoms with Crippen LogP contribution < -0.4 is 10.5 Å². The maximum atomic E-state index is 13.1. The molecule has 0 saturated heterocycles. The second-order valence-electron chi connectivity index (χ2n) is 5.84. The van der Waals surface area contributed by atoms with Gasteiger partial charge in [0.2, 0.25) is 0 Å². The summed E-state index contributed by atoms with van der Waals surface area (Å²) in [6, 6.07) is 5.74. The maximum absolute atomic E-state index is 13.1. The van der Waals surface area contributed by atoms with E-state index >= 15 is 0 Å². The number of amides is 1. The highest BCUT2D eigenvalue weighted by Gasteiger charge is 2.28. The van der Waals surface area contributed by atoms with Crippen LogP contribution in [0.1, 0.15) is 33.5 Å². The van der Waals surface area contributed by atoms with E-state index in [4.69, 9.17) is 4.74 Å². The molecule has 4 rings (SSSR count). The normalized spacial score (nSPS) is 16.6. The van der Waals surface area contributed by atoms with Crippen molar-refractivity contribution in [2.24, 2.45) is 0 Å². The van der Waals surface area contributed by atoms with Gasteiger partial charge >= 0.3 is 0 Å². The zero-order valence-electron chi connectivity index (χ0n) is 12.7. The first kappa shape index (κ1) is 14.1. The lowest BCUT2D eigenvalue weighted by molar-refractivity contribution is 0.0970. The van der Waals surface area contributed by atoms with Gasteiger partial charge in [-0.3, -0.25) is 14.5 Å². The third kappa shape index (κ3) is 2.35. The summed E-state index contributed by atoms with van der Waals surface area (Å²) in [6.45, 7) is 1.76. The number of carbonyl (C=O) groups excluding carboxylic acids is 1. The number of hydrogen-bond donors (Lipinski definition) is 1. The lowest BCUT2D eigenvalue weighted by atomic mass is 9.95. The zero-order chi connectivity index (χ0) is 15.8. The summed E-state index contributed by atoms with van der Waals surface area (Å²) in [4.78, 5) is 33.5. The molecule has 0 bridgehead atoms. The van der Waals surface area contributed by atoms with Gasteiger partial charge in [-0.25, -0.2) is 4.98 Å². The Kier molecular flexibility index (Phi) is 3.46. The number of hydrogen-bond acceptors (Lipinski definition) is 4. The summed E-state index contributed by atoms with van der Waals surface area (Å²) < 4.78 is 5.47. The fourth-order valence-corrected chi connectivity index (χ4v) is 3.36. The van der Waals surface area contributed by atoms with Gasteiger partial charge in [-0.2, -0.15) is 0 Å². The summed E-state index contributed by atoms with van der Waals surface area (Å²) in [7, 11) is 0. The number of nitrogens with one attached hydrogen (secondary N) is 1. The summed E-state index contributed by atoms with van der Waals surface area (Å²) in [6.07, 6.45) is 3.52. The molecule has 118 valence electrons. The minimum atomic E-state index is -0.156. The Labute approximate surface area is 133 Å². The van der Waals surface area contributed by atoms with Crippen LogP contribution in [0.2, 0.25) is 0 Å².